The smallest absolute Gasteiger partial charge is 0.311 e. The lowest BCUT2D eigenvalue weighted by atomic mass is 10.1. The van der Waals surface area contributed by atoms with Crippen molar-refractivity contribution >= 4 is 37.8 Å². The highest BCUT2D eigenvalue weighted by Crippen LogP contribution is 2.60. The zero-order valence-corrected chi connectivity index (χ0v) is 18.6. The Morgan fingerprint density at radius 1 is 1.14 bits per heavy atom. The third-order valence-corrected chi connectivity index (χ3v) is 5.49. The molecule has 144 valence electrons. The van der Waals surface area contributed by atoms with Gasteiger partial charge in [-0.1, -0.05) is 50.3 Å². The number of allylic oxidation sites excluding steroid dienone is 1. The van der Waals surface area contributed by atoms with Crippen LogP contribution < -0.4 is 4.74 Å². The standard InChI is InChI=1S/C22H19Br2NO3/c1-22(2)17(12-19(23)24)20(22)21(26)28-18(13-25)14-7-6-10-16(11-14)27-15-8-4-3-5-9-15/h3-12,17-18,20H,1-2H3/t17-,18-,20-/m1/s1. The van der Waals surface area contributed by atoms with E-state index in [0.29, 0.717) is 17.1 Å². The molecule has 0 radical (unpaired) electrons. The number of hydrogen-bond acceptors (Lipinski definition) is 4. The number of rotatable bonds is 6. The summed E-state index contributed by atoms with van der Waals surface area (Å²) in [6, 6.07) is 18.5. The van der Waals surface area contributed by atoms with Crippen LogP contribution in [-0.4, -0.2) is 5.97 Å². The third-order valence-electron chi connectivity index (χ3n) is 4.96. The zero-order chi connectivity index (χ0) is 20.3. The number of carbonyl (C=O) groups is 1. The number of ether oxygens (including phenoxy) is 2. The summed E-state index contributed by atoms with van der Waals surface area (Å²) in [7, 11) is 0. The van der Waals surface area contributed by atoms with Crippen molar-refractivity contribution in [1.82, 2.24) is 0 Å². The van der Waals surface area contributed by atoms with E-state index in [-0.39, 0.29) is 23.2 Å². The molecule has 0 spiro atoms. The monoisotopic (exact) mass is 503 g/mol. The second-order valence-electron chi connectivity index (χ2n) is 7.21. The maximum Gasteiger partial charge on any atom is 0.311 e. The minimum absolute atomic E-state index is 0.0563. The Labute approximate surface area is 181 Å². The van der Waals surface area contributed by atoms with Gasteiger partial charge in [-0.2, -0.15) is 5.26 Å². The Morgan fingerprint density at radius 2 is 1.82 bits per heavy atom. The van der Waals surface area contributed by atoms with Crippen molar-refractivity contribution in [1.29, 1.82) is 5.26 Å². The van der Waals surface area contributed by atoms with Crippen LogP contribution in [0, 0.1) is 28.6 Å². The second-order valence-corrected chi connectivity index (χ2v) is 9.99. The van der Waals surface area contributed by atoms with Crippen molar-refractivity contribution in [2.24, 2.45) is 17.3 Å². The Morgan fingerprint density at radius 3 is 2.46 bits per heavy atom. The summed E-state index contributed by atoms with van der Waals surface area (Å²) >= 11 is 6.68. The van der Waals surface area contributed by atoms with Gasteiger partial charge in [-0.05, 0) is 67.5 Å². The van der Waals surface area contributed by atoms with Crippen molar-refractivity contribution in [3.63, 3.8) is 0 Å². The fraction of sp³-hybridized carbons (Fsp3) is 0.273. The Balaban J connectivity index is 1.72. The number of nitrogens with zero attached hydrogens (tertiary/aromatic N) is 1. The van der Waals surface area contributed by atoms with E-state index in [1.807, 2.05) is 50.3 Å². The molecule has 0 aliphatic heterocycles. The predicted octanol–water partition coefficient (Wildman–Crippen LogP) is 6.49. The van der Waals surface area contributed by atoms with Crippen LogP contribution in [0.25, 0.3) is 0 Å². The van der Waals surface area contributed by atoms with Crippen LogP contribution in [0.15, 0.2) is 64.1 Å². The first kappa shape index (κ1) is 20.6. The first-order chi connectivity index (χ1) is 13.3. The van der Waals surface area contributed by atoms with E-state index in [2.05, 4.69) is 37.9 Å². The molecule has 3 atom stereocenters. The molecule has 0 aromatic heterocycles. The number of benzene rings is 2. The van der Waals surface area contributed by atoms with Crippen molar-refractivity contribution in [3.05, 3.63) is 69.6 Å². The van der Waals surface area contributed by atoms with Crippen LogP contribution in [0.2, 0.25) is 0 Å². The number of hydrogen-bond donors (Lipinski definition) is 0. The highest BCUT2D eigenvalue weighted by molar-refractivity contribution is 9.28. The maximum absolute atomic E-state index is 12.7. The van der Waals surface area contributed by atoms with Crippen molar-refractivity contribution in [2.75, 3.05) is 0 Å². The van der Waals surface area contributed by atoms with E-state index in [0.717, 1.165) is 3.39 Å². The highest BCUT2D eigenvalue weighted by atomic mass is 79.9. The molecule has 1 fully saturated rings. The highest BCUT2D eigenvalue weighted by Gasteiger charge is 2.61. The van der Waals surface area contributed by atoms with Gasteiger partial charge in [-0.15, -0.1) is 0 Å². The molecule has 4 nitrogen and oxygen atoms in total. The Kier molecular flexibility index (Phi) is 6.26. The molecule has 1 saturated carbocycles. The van der Waals surface area contributed by atoms with Crippen LogP contribution in [0.1, 0.15) is 25.5 Å². The number of carbonyl (C=O) groups excluding carboxylic acids is 1. The molecule has 0 N–H and O–H groups in total. The van der Waals surface area contributed by atoms with Gasteiger partial charge in [0.15, 0.2) is 0 Å². The molecule has 1 aliphatic carbocycles. The van der Waals surface area contributed by atoms with E-state index in [9.17, 15) is 10.1 Å². The van der Waals surface area contributed by atoms with Gasteiger partial charge < -0.3 is 9.47 Å². The first-order valence-electron chi connectivity index (χ1n) is 8.78. The van der Waals surface area contributed by atoms with Crippen molar-refractivity contribution in [3.8, 4) is 17.6 Å². The molecule has 6 heteroatoms. The summed E-state index contributed by atoms with van der Waals surface area (Å²) in [5.74, 6) is 0.683. The van der Waals surface area contributed by atoms with Gasteiger partial charge in [0.25, 0.3) is 0 Å². The lowest BCUT2D eigenvalue weighted by molar-refractivity contribution is -0.149. The maximum atomic E-state index is 12.7. The van der Waals surface area contributed by atoms with Gasteiger partial charge in [-0.25, -0.2) is 0 Å². The van der Waals surface area contributed by atoms with Crippen LogP contribution in [0.3, 0.4) is 0 Å². The fourth-order valence-corrected chi connectivity index (χ4v) is 3.87. The summed E-state index contributed by atoms with van der Waals surface area (Å²) in [5.41, 5.74) is 0.374. The molecule has 28 heavy (non-hydrogen) atoms. The number of esters is 1. The van der Waals surface area contributed by atoms with Crippen LogP contribution >= 0.6 is 31.9 Å². The largest absolute Gasteiger partial charge is 0.457 e. The molecular formula is C22H19Br2NO3. The quantitative estimate of drug-likeness (QED) is 0.422. The average Bonchev–Trinajstić information content (AvgIpc) is 3.20. The molecule has 3 rings (SSSR count). The van der Waals surface area contributed by atoms with E-state index in [4.69, 9.17) is 9.47 Å². The van der Waals surface area contributed by atoms with Crippen LogP contribution in [0.5, 0.6) is 11.5 Å². The predicted molar refractivity (Wildman–Crippen MR) is 114 cm³/mol. The summed E-state index contributed by atoms with van der Waals surface area (Å²) in [4.78, 5) is 12.7. The Bertz CT molecular complexity index is 930. The van der Waals surface area contributed by atoms with Gasteiger partial charge in [0, 0.05) is 5.56 Å². The summed E-state index contributed by atoms with van der Waals surface area (Å²) in [6.45, 7) is 4.03. The molecule has 0 unspecified atom stereocenters. The van der Waals surface area contributed by atoms with Gasteiger partial charge in [-0.3, -0.25) is 4.79 Å². The Hall–Kier alpha value is -2.10. The normalized spacial score (nSPS) is 20.4. The average molecular weight is 505 g/mol. The van der Waals surface area contributed by atoms with E-state index in [1.165, 1.54) is 0 Å². The number of halogens is 2. The van der Waals surface area contributed by atoms with E-state index < -0.39 is 6.10 Å². The lowest BCUT2D eigenvalue weighted by Gasteiger charge is -2.13. The lowest BCUT2D eigenvalue weighted by Crippen LogP contribution is -2.14. The molecular weight excluding hydrogens is 486 g/mol. The number of para-hydroxylation sites is 1. The third kappa shape index (κ3) is 4.65. The minimum atomic E-state index is -0.986. The van der Waals surface area contributed by atoms with Gasteiger partial charge in [0.1, 0.15) is 17.6 Å². The summed E-state index contributed by atoms with van der Waals surface area (Å²) in [5, 5.41) is 9.56. The number of nitriles is 1. The summed E-state index contributed by atoms with van der Waals surface area (Å²) in [6.07, 6.45) is 0.960. The van der Waals surface area contributed by atoms with Crippen LogP contribution in [-0.2, 0) is 9.53 Å². The van der Waals surface area contributed by atoms with Gasteiger partial charge in [0.05, 0.1) is 9.31 Å². The van der Waals surface area contributed by atoms with Crippen molar-refractivity contribution < 1.29 is 14.3 Å². The van der Waals surface area contributed by atoms with E-state index >= 15 is 0 Å². The molecule has 1 aliphatic rings. The van der Waals surface area contributed by atoms with Gasteiger partial charge in [0.2, 0.25) is 6.10 Å². The summed E-state index contributed by atoms with van der Waals surface area (Å²) < 4.78 is 12.2. The molecule has 2 aromatic rings. The molecule has 0 bridgehead atoms. The molecule has 2 aromatic carbocycles. The topological polar surface area (TPSA) is 59.3 Å². The first-order valence-corrected chi connectivity index (χ1v) is 10.4. The zero-order valence-electron chi connectivity index (χ0n) is 15.4. The fourth-order valence-electron chi connectivity index (χ4n) is 3.30. The van der Waals surface area contributed by atoms with Crippen LogP contribution in [0.4, 0.5) is 0 Å². The van der Waals surface area contributed by atoms with Gasteiger partial charge >= 0.3 is 5.97 Å². The SMILES string of the molecule is CC1(C)[C@H](C=C(Br)Br)[C@@H]1C(=O)O[C@H](C#N)c1cccc(Oc2ccccc2)c1. The molecule has 0 heterocycles. The second kappa shape index (κ2) is 8.50. The molecule has 0 amide bonds. The van der Waals surface area contributed by atoms with E-state index in [1.54, 1.807) is 24.3 Å². The molecule has 0 saturated heterocycles. The minimum Gasteiger partial charge on any atom is -0.457 e. The van der Waals surface area contributed by atoms with Crippen molar-refractivity contribution in [2.45, 2.75) is 20.0 Å².